The number of carbonyl (C=O) groups excluding carboxylic acids is 4. The van der Waals surface area contributed by atoms with Crippen LogP contribution in [0.25, 0.3) is 0 Å². The molecule has 3 aliphatic rings. The molecule has 0 radical (unpaired) electrons. The Labute approximate surface area is 165 Å². The molecule has 8 heteroatoms. The summed E-state index contributed by atoms with van der Waals surface area (Å²) in [6, 6.07) is -0.554. The Bertz CT molecular complexity index is 644. The second kappa shape index (κ2) is 8.49. The van der Waals surface area contributed by atoms with Gasteiger partial charge < -0.3 is 15.0 Å². The summed E-state index contributed by atoms with van der Waals surface area (Å²) >= 11 is 0. The Morgan fingerprint density at radius 2 is 1.82 bits per heavy atom. The smallest absolute Gasteiger partial charge is 0.327 e. The highest BCUT2D eigenvalue weighted by Gasteiger charge is 2.55. The number of rotatable bonds is 4. The van der Waals surface area contributed by atoms with Crippen LogP contribution >= 0.6 is 0 Å². The van der Waals surface area contributed by atoms with Gasteiger partial charge in [-0.05, 0) is 38.5 Å². The van der Waals surface area contributed by atoms with Gasteiger partial charge in [-0.2, -0.15) is 0 Å². The molecule has 2 heterocycles. The highest BCUT2D eigenvalue weighted by molar-refractivity contribution is 6.09. The molecule has 3 rings (SSSR count). The first-order valence-corrected chi connectivity index (χ1v) is 10.5. The lowest BCUT2D eigenvalue weighted by Crippen LogP contribution is -2.54. The minimum Gasteiger partial charge on any atom is -0.451 e. The molecule has 0 bridgehead atoms. The molecule has 0 unspecified atom stereocenters. The number of esters is 1. The maximum absolute atomic E-state index is 12.9. The van der Waals surface area contributed by atoms with E-state index < -0.39 is 30.2 Å². The lowest BCUT2D eigenvalue weighted by atomic mass is 9.73. The van der Waals surface area contributed by atoms with E-state index in [2.05, 4.69) is 5.32 Å². The third kappa shape index (κ3) is 4.00. The van der Waals surface area contributed by atoms with Gasteiger partial charge in [-0.15, -0.1) is 0 Å². The van der Waals surface area contributed by atoms with E-state index in [9.17, 15) is 19.2 Å². The normalized spacial score (nSPS) is 29.4. The molecule has 0 aromatic carbocycles. The summed E-state index contributed by atoms with van der Waals surface area (Å²) in [5, 5.41) is 2.81. The fourth-order valence-corrected chi connectivity index (χ4v) is 4.60. The van der Waals surface area contributed by atoms with Crippen molar-refractivity contribution in [1.82, 2.24) is 15.1 Å². The molecule has 0 aromatic rings. The number of likely N-dealkylation sites (tertiary alicyclic amines) is 1. The van der Waals surface area contributed by atoms with Crippen LogP contribution in [-0.2, 0) is 19.1 Å². The zero-order chi connectivity index (χ0) is 20.3. The summed E-state index contributed by atoms with van der Waals surface area (Å²) in [6.07, 6.45) is 6.55. The number of nitrogens with zero attached hydrogens (tertiary/aromatic N) is 2. The monoisotopic (exact) mass is 393 g/mol. The van der Waals surface area contributed by atoms with Crippen LogP contribution < -0.4 is 5.32 Å². The Balaban J connectivity index is 1.57. The quantitative estimate of drug-likeness (QED) is 0.581. The first-order chi connectivity index (χ1) is 13.3. The molecule has 3 atom stereocenters. The highest BCUT2D eigenvalue weighted by atomic mass is 16.5. The molecule has 28 heavy (non-hydrogen) atoms. The number of carbonyl (C=O) groups is 4. The Kier molecular flexibility index (Phi) is 6.25. The van der Waals surface area contributed by atoms with Gasteiger partial charge in [-0.1, -0.05) is 32.6 Å². The van der Waals surface area contributed by atoms with E-state index in [1.54, 1.807) is 11.8 Å². The molecule has 2 aliphatic heterocycles. The van der Waals surface area contributed by atoms with Crippen molar-refractivity contribution in [2.45, 2.75) is 76.9 Å². The van der Waals surface area contributed by atoms with Crippen molar-refractivity contribution < 1.29 is 23.9 Å². The molecule has 156 valence electrons. The van der Waals surface area contributed by atoms with Crippen molar-refractivity contribution in [3.63, 3.8) is 0 Å². The third-order valence-corrected chi connectivity index (χ3v) is 6.36. The molecule has 2 saturated heterocycles. The molecule has 1 aliphatic carbocycles. The fourth-order valence-electron chi connectivity index (χ4n) is 4.60. The van der Waals surface area contributed by atoms with E-state index in [0.29, 0.717) is 19.5 Å². The zero-order valence-electron chi connectivity index (χ0n) is 16.9. The van der Waals surface area contributed by atoms with E-state index in [0.717, 1.165) is 49.8 Å². The topological polar surface area (TPSA) is 96.0 Å². The van der Waals surface area contributed by atoms with E-state index >= 15 is 0 Å². The van der Waals surface area contributed by atoms with Crippen molar-refractivity contribution in [1.29, 1.82) is 0 Å². The van der Waals surface area contributed by atoms with Crippen LogP contribution in [-0.4, -0.2) is 64.9 Å². The maximum Gasteiger partial charge on any atom is 0.327 e. The SMILES string of the molecule is C[C@H](OC(=O)CN1C(=O)N[C@@]2(CCCC[C@@H]2C)C1=O)C(=O)N1CCCCCC1. The van der Waals surface area contributed by atoms with Crippen molar-refractivity contribution in [3.8, 4) is 0 Å². The second-order valence-electron chi connectivity index (χ2n) is 8.31. The summed E-state index contributed by atoms with van der Waals surface area (Å²) in [5.74, 6) is -1.28. The molecule has 4 amide bonds. The van der Waals surface area contributed by atoms with E-state index in [4.69, 9.17) is 4.74 Å². The average molecular weight is 393 g/mol. The van der Waals surface area contributed by atoms with E-state index in [1.165, 1.54) is 0 Å². The number of amides is 4. The summed E-state index contributed by atoms with van der Waals surface area (Å²) in [4.78, 5) is 52.8. The Hall–Kier alpha value is -2.12. The predicted octanol–water partition coefficient (Wildman–Crippen LogP) is 1.82. The molecule has 3 fully saturated rings. The third-order valence-electron chi connectivity index (χ3n) is 6.36. The Morgan fingerprint density at radius 1 is 1.14 bits per heavy atom. The van der Waals surface area contributed by atoms with Gasteiger partial charge >= 0.3 is 12.0 Å². The van der Waals surface area contributed by atoms with Gasteiger partial charge in [0, 0.05) is 13.1 Å². The number of ether oxygens (including phenoxy) is 1. The Morgan fingerprint density at radius 3 is 2.46 bits per heavy atom. The van der Waals surface area contributed by atoms with E-state index in [-0.39, 0.29) is 17.7 Å². The van der Waals surface area contributed by atoms with Gasteiger partial charge in [0.2, 0.25) is 0 Å². The van der Waals surface area contributed by atoms with Gasteiger partial charge in [0.05, 0.1) is 0 Å². The van der Waals surface area contributed by atoms with Gasteiger partial charge in [0.1, 0.15) is 12.1 Å². The molecular weight excluding hydrogens is 362 g/mol. The lowest BCUT2D eigenvalue weighted by molar-refractivity contribution is -0.160. The molecule has 1 N–H and O–H groups in total. The summed E-state index contributed by atoms with van der Waals surface area (Å²) in [7, 11) is 0. The van der Waals surface area contributed by atoms with Crippen LogP contribution in [0.2, 0.25) is 0 Å². The van der Waals surface area contributed by atoms with Gasteiger partial charge in [0.25, 0.3) is 11.8 Å². The number of hydrogen-bond donors (Lipinski definition) is 1. The predicted molar refractivity (Wildman–Crippen MR) is 101 cm³/mol. The molecule has 1 saturated carbocycles. The molecule has 0 aromatic heterocycles. The second-order valence-corrected chi connectivity index (χ2v) is 8.31. The maximum atomic E-state index is 12.9. The van der Waals surface area contributed by atoms with Crippen LogP contribution in [0.15, 0.2) is 0 Å². The summed E-state index contributed by atoms with van der Waals surface area (Å²) in [6.45, 7) is 4.39. The van der Waals surface area contributed by atoms with Crippen LogP contribution in [0.1, 0.15) is 65.2 Å². The van der Waals surface area contributed by atoms with E-state index in [1.807, 2.05) is 6.92 Å². The van der Waals surface area contributed by atoms with Crippen molar-refractivity contribution >= 4 is 23.8 Å². The first-order valence-electron chi connectivity index (χ1n) is 10.5. The zero-order valence-corrected chi connectivity index (χ0v) is 16.9. The standard InChI is InChI=1S/C20H31N3O5/c1-14-9-5-6-10-20(14)18(26)23(19(27)21-20)13-16(24)28-15(2)17(25)22-11-7-3-4-8-12-22/h14-15H,3-13H2,1-2H3,(H,21,27)/t14-,15-,20+/m0/s1. The van der Waals surface area contributed by atoms with Crippen LogP contribution in [0.4, 0.5) is 4.79 Å². The van der Waals surface area contributed by atoms with Crippen molar-refractivity contribution in [2.75, 3.05) is 19.6 Å². The lowest BCUT2D eigenvalue weighted by Gasteiger charge is -2.36. The minimum absolute atomic E-state index is 0.0299. The van der Waals surface area contributed by atoms with Crippen molar-refractivity contribution in [2.24, 2.45) is 5.92 Å². The van der Waals surface area contributed by atoms with Crippen LogP contribution in [0.3, 0.4) is 0 Å². The van der Waals surface area contributed by atoms with Gasteiger partial charge in [-0.3, -0.25) is 19.3 Å². The largest absolute Gasteiger partial charge is 0.451 e. The summed E-state index contributed by atoms with van der Waals surface area (Å²) < 4.78 is 5.26. The van der Waals surface area contributed by atoms with Crippen LogP contribution in [0.5, 0.6) is 0 Å². The van der Waals surface area contributed by atoms with Crippen molar-refractivity contribution in [3.05, 3.63) is 0 Å². The summed E-state index contributed by atoms with van der Waals surface area (Å²) in [5.41, 5.74) is -0.900. The number of nitrogens with one attached hydrogen (secondary N) is 1. The minimum atomic E-state index is -0.922. The van der Waals surface area contributed by atoms with Gasteiger partial charge in [0.15, 0.2) is 6.10 Å². The van der Waals surface area contributed by atoms with Crippen LogP contribution in [0, 0.1) is 5.92 Å². The highest BCUT2D eigenvalue weighted by Crippen LogP contribution is 2.38. The molecule has 8 nitrogen and oxygen atoms in total. The molecule has 1 spiro atoms. The number of hydrogen-bond acceptors (Lipinski definition) is 5. The van der Waals surface area contributed by atoms with Gasteiger partial charge in [-0.25, -0.2) is 4.79 Å². The first kappa shape index (κ1) is 20.6. The number of imide groups is 1. The fraction of sp³-hybridized carbons (Fsp3) is 0.800. The average Bonchev–Trinajstić information content (AvgIpc) is 2.87. The molecular formula is C20H31N3O5. The number of urea groups is 1.